The van der Waals surface area contributed by atoms with Gasteiger partial charge in [0.05, 0.1) is 44.9 Å². The van der Waals surface area contributed by atoms with Crippen LogP contribution in [0.5, 0.6) is 0 Å². The summed E-state index contributed by atoms with van der Waals surface area (Å²) < 4.78 is 0.934. The minimum Gasteiger partial charge on any atom is -0.353 e. The highest BCUT2D eigenvalue weighted by Gasteiger charge is 2.17. The number of likely N-dealkylation sites (N-methyl/N-ethyl adjacent to an activating group) is 1. The fraction of sp³-hybridized carbons (Fsp3) is 0.538. The topological polar surface area (TPSA) is 57.8 Å². The van der Waals surface area contributed by atoms with Gasteiger partial charge in [0, 0.05) is 16.3 Å². The van der Waals surface area contributed by atoms with Gasteiger partial charge in [0.25, 0.3) is 5.91 Å². The van der Waals surface area contributed by atoms with Gasteiger partial charge < -0.3 is 14.8 Å². The number of benzene rings is 1. The lowest BCUT2D eigenvalue weighted by molar-refractivity contribution is -0.889. The molecule has 2 N–H and O–H groups in total. The van der Waals surface area contributed by atoms with Crippen molar-refractivity contribution in [1.82, 2.24) is 15.3 Å². The molecule has 0 saturated carbocycles. The fourth-order valence-corrected chi connectivity index (χ4v) is 4.29. The van der Waals surface area contributed by atoms with Crippen molar-refractivity contribution in [3.63, 3.8) is 0 Å². The number of H-pyrrole nitrogens is 1. The van der Waals surface area contributed by atoms with Crippen molar-refractivity contribution in [3.05, 3.63) is 41.7 Å². The number of amides is 1. The second-order valence-corrected chi connectivity index (χ2v) is 9.45. The van der Waals surface area contributed by atoms with Crippen LogP contribution in [0.25, 0.3) is 21.8 Å². The number of para-hydroxylation sites is 1. The van der Waals surface area contributed by atoms with Gasteiger partial charge in [-0.2, -0.15) is 0 Å². The Hall–Kier alpha value is -2.40. The van der Waals surface area contributed by atoms with Crippen molar-refractivity contribution < 1.29 is 9.28 Å². The lowest BCUT2D eigenvalue weighted by Crippen LogP contribution is -2.46. The smallest absolute Gasteiger partial charge is 0.270 e. The summed E-state index contributed by atoms with van der Waals surface area (Å²) in [5.74, 6) is -0.0915. The number of hydrogen-bond acceptors (Lipinski definition) is 2. The highest BCUT2D eigenvalue weighted by atomic mass is 16.1. The van der Waals surface area contributed by atoms with Crippen molar-refractivity contribution in [2.24, 2.45) is 0 Å². The number of unbranched alkanes of at least 4 members (excludes halogenated alkanes) is 6. The Bertz CT molecular complexity index is 1010. The van der Waals surface area contributed by atoms with E-state index in [2.05, 4.69) is 48.4 Å². The summed E-state index contributed by atoms with van der Waals surface area (Å²) in [5.41, 5.74) is 3.43. The zero-order valence-electron chi connectivity index (χ0n) is 19.8. The van der Waals surface area contributed by atoms with Crippen LogP contribution < -0.4 is 5.32 Å². The van der Waals surface area contributed by atoms with Crippen LogP contribution in [0.3, 0.4) is 0 Å². The second kappa shape index (κ2) is 10.8. The molecule has 1 amide bonds. The third kappa shape index (κ3) is 6.30. The van der Waals surface area contributed by atoms with E-state index in [9.17, 15) is 4.79 Å². The van der Waals surface area contributed by atoms with Gasteiger partial charge in [0.1, 0.15) is 5.69 Å². The van der Waals surface area contributed by atoms with Crippen LogP contribution in [0.15, 0.2) is 30.3 Å². The molecular weight excluding hydrogens is 384 g/mol. The Morgan fingerprint density at radius 3 is 2.48 bits per heavy atom. The van der Waals surface area contributed by atoms with Crippen molar-refractivity contribution in [2.45, 2.75) is 58.8 Å². The third-order valence-corrected chi connectivity index (χ3v) is 6.28. The number of carbonyl (C=O) groups is 1. The van der Waals surface area contributed by atoms with E-state index in [1.807, 2.05) is 25.1 Å². The van der Waals surface area contributed by atoms with Crippen LogP contribution in [0.4, 0.5) is 0 Å². The van der Waals surface area contributed by atoms with E-state index >= 15 is 0 Å². The Balaban J connectivity index is 1.50. The number of nitrogens with one attached hydrogen (secondary N) is 2. The lowest BCUT2D eigenvalue weighted by atomic mass is 10.1. The summed E-state index contributed by atoms with van der Waals surface area (Å²) in [6.45, 7) is 6.96. The molecule has 168 valence electrons. The van der Waals surface area contributed by atoms with E-state index in [1.54, 1.807) is 0 Å². The summed E-state index contributed by atoms with van der Waals surface area (Å²) in [5, 5.41) is 5.27. The highest BCUT2D eigenvalue weighted by Crippen LogP contribution is 2.27. The number of hydrogen-bond donors (Lipinski definition) is 2. The maximum Gasteiger partial charge on any atom is 0.270 e. The van der Waals surface area contributed by atoms with Gasteiger partial charge in [-0.05, 0) is 31.9 Å². The number of nitrogens with zero attached hydrogens (tertiary/aromatic N) is 2. The second-order valence-electron chi connectivity index (χ2n) is 9.45. The van der Waals surface area contributed by atoms with Gasteiger partial charge in [-0.1, -0.05) is 57.2 Å². The molecule has 2 heterocycles. The summed E-state index contributed by atoms with van der Waals surface area (Å²) >= 11 is 0. The van der Waals surface area contributed by atoms with Gasteiger partial charge in [0.2, 0.25) is 0 Å². The fourth-order valence-electron chi connectivity index (χ4n) is 4.29. The zero-order chi connectivity index (χ0) is 22.3. The number of aromatic amines is 1. The van der Waals surface area contributed by atoms with Crippen molar-refractivity contribution in [1.29, 1.82) is 0 Å². The molecular formula is C26H39N4O+. The molecule has 0 spiro atoms. The van der Waals surface area contributed by atoms with Crippen molar-refractivity contribution in [3.8, 4) is 0 Å². The molecule has 5 nitrogen and oxygen atoms in total. The van der Waals surface area contributed by atoms with E-state index in [0.717, 1.165) is 45.1 Å². The molecule has 0 unspecified atom stereocenters. The van der Waals surface area contributed by atoms with E-state index < -0.39 is 0 Å². The van der Waals surface area contributed by atoms with Gasteiger partial charge >= 0.3 is 0 Å². The van der Waals surface area contributed by atoms with Crippen LogP contribution in [0.1, 0.15) is 68.1 Å². The van der Waals surface area contributed by atoms with Gasteiger partial charge in [-0.3, -0.25) is 4.79 Å². The molecule has 31 heavy (non-hydrogen) atoms. The van der Waals surface area contributed by atoms with Gasteiger partial charge in [-0.25, -0.2) is 4.98 Å². The quantitative estimate of drug-likeness (QED) is 0.295. The molecule has 0 bridgehead atoms. The average molecular weight is 424 g/mol. The summed E-state index contributed by atoms with van der Waals surface area (Å²) in [7, 11) is 4.51. The number of quaternary nitrogens is 1. The Kier molecular flexibility index (Phi) is 8.08. The SMILES string of the molecule is CCCCCCCCC[N+](C)(C)CCNC(=O)c1cc2c([nH]c3ccccc32)c(C)n1. The molecule has 0 aliphatic rings. The Labute approximate surface area is 186 Å². The molecule has 5 heteroatoms. The first-order valence-corrected chi connectivity index (χ1v) is 11.9. The predicted molar refractivity (Wildman–Crippen MR) is 131 cm³/mol. The molecule has 2 aromatic heterocycles. The largest absolute Gasteiger partial charge is 0.353 e. The minimum absolute atomic E-state index is 0.0915. The van der Waals surface area contributed by atoms with Crippen LogP contribution in [0, 0.1) is 6.92 Å². The first-order chi connectivity index (χ1) is 14.9. The summed E-state index contributed by atoms with van der Waals surface area (Å²) in [6, 6.07) is 10.1. The zero-order valence-corrected chi connectivity index (χ0v) is 19.8. The molecule has 0 fully saturated rings. The Morgan fingerprint density at radius 1 is 1.00 bits per heavy atom. The predicted octanol–water partition coefficient (Wildman–Crippen LogP) is 5.58. The average Bonchev–Trinajstić information content (AvgIpc) is 3.12. The number of fused-ring (bicyclic) bond motifs is 3. The van der Waals surface area contributed by atoms with Gasteiger partial charge in [-0.15, -0.1) is 0 Å². The summed E-state index contributed by atoms with van der Waals surface area (Å²) in [6.07, 6.45) is 9.32. The molecule has 0 atom stereocenters. The van der Waals surface area contributed by atoms with Crippen LogP contribution in [-0.4, -0.2) is 54.1 Å². The maximum absolute atomic E-state index is 12.8. The number of aryl methyl sites for hydroxylation is 1. The van der Waals surface area contributed by atoms with E-state index in [1.165, 1.54) is 44.9 Å². The monoisotopic (exact) mass is 423 g/mol. The highest BCUT2D eigenvalue weighted by molar-refractivity contribution is 6.10. The van der Waals surface area contributed by atoms with Crippen molar-refractivity contribution >= 4 is 27.7 Å². The van der Waals surface area contributed by atoms with Crippen molar-refractivity contribution in [2.75, 3.05) is 33.7 Å². The number of rotatable bonds is 12. The molecule has 0 aliphatic carbocycles. The molecule has 3 aromatic rings. The molecule has 0 radical (unpaired) electrons. The summed E-state index contributed by atoms with van der Waals surface area (Å²) in [4.78, 5) is 20.8. The number of aromatic nitrogens is 2. The number of pyridine rings is 1. The Morgan fingerprint density at radius 2 is 1.71 bits per heavy atom. The lowest BCUT2D eigenvalue weighted by Gasteiger charge is -2.30. The first-order valence-electron chi connectivity index (χ1n) is 11.9. The van der Waals surface area contributed by atoms with E-state index in [0.29, 0.717) is 12.2 Å². The maximum atomic E-state index is 12.8. The molecule has 0 saturated heterocycles. The molecule has 1 aromatic carbocycles. The van der Waals surface area contributed by atoms with Crippen LogP contribution >= 0.6 is 0 Å². The minimum atomic E-state index is -0.0915. The van der Waals surface area contributed by atoms with Crippen LogP contribution in [0.2, 0.25) is 0 Å². The molecule has 0 aliphatic heterocycles. The standard InChI is InChI=1S/C26H38N4O/c1-5-6-7-8-9-10-13-17-30(3,4)18-16-27-26(31)24-19-22-21-14-11-12-15-23(21)29-25(22)20(2)28-24/h11-12,14-15,19H,5-10,13,16-18H2,1-4H3,(H-,27,28,29,31)/p+1. The first kappa shape index (κ1) is 23.3. The number of carbonyl (C=O) groups excluding carboxylic acids is 1. The third-order valence-electron chi connectivity index (χ3n) is 6.28. The molecule has 3 rings (SSSR count). The van der Waals surface area contributed by atoms with Crippen LogP contribution in [-0.2, 0) is 0 Å². The van der Waals surface area contributed by atoms with E-state index in [4.69, 9.17) is 0 Å². The van der Waals surface area contributed by atoms with E-state index in [-0.39, 0.29) is 5.91 Å². The normalized spacial score (nSPS) is 12.0. The van der Waals surface area contributed by atoms with Gasteiger partial charge in [0.15, 0.2) is 0 Å².